The number of hydrogen-bond donors (Lipinski definition) is 3. The number of nitrogens with two attached hydrogens (primary N) is 2. The maximum Gasteiger partial charge on any atom is 0.0637 e. The molecule has 4 aliphatic rings. The topological polar surface area (TPSA) is 82.5 Å². The van der Waals surface area contributed by atoms with Crippen molar-refractivity contribution in [2.45, 2.75) is 207 Å². The third-order valence-electron chi connectivity index (χ3n) is 15.5. The van der Waals surface area contributed by atoms with Crippen molar-refractivity contribution in [3.8, 4) is 0 Å². The number of nitrogens with one attached hydrogen (secondary N) is 1. The fraction of sp³-hybridized carbons (Fsp3) is 1.00. The van der Waals surface area contributed by atoms with Crippen LogP contribution in [0.2, 0.25) is 0 Å². The lowest BCUT2D eigenvalue weighted by molar-refractivity contribution is -0.192. The molecule has 0 aliphatic heterocycles. The van der Waals surface area contributed by atoms with E-state index >= 15 is 0 Å². The molecule has 0 aromatic heterocycles. The van der Waals surface area contributed by atoms with E-state index in [1.54, 1.807) is 0 Å². The van der Waals surface area contributed by atoms with Crippen LogP contribution in [0, 0.1) is 46.3 Å². The summed E-state index contributed by atoms with van der Waals surface area (Å²) in [4.78, 5) is 0. The Kier molecular flexibility index (Phi) is 20.2. The largest absolute Gasteiger partial charge is 0.378 e. The number of unbranched alkanes of at least 4 members (excludes halogenated alkanes) is 13. The summed E-state index contributed by atoms with van der Waals surface area (Å²) in [6.07, 6.45) is 36.3. The number of fused-ring (bicyclic) bond motifs is 5. The Labute approximate surface area is 318 Å². The number of hydrogen-bond acceptors (Lipinski definition) is 5. The standard InChI is InChI=1S/C46H89N3O2/c1-5-6-7-8-9-10-11-12-13-14-15-16-17-18-31-49-32-19-22-37(2)41-25-26-42-40-24-23-38-35-39(50-33-20-29-47)27-28-45(38,3)43(40)36-44(46(41,42)4)51-34-21-30-48/h37-44,49H,5-36,47-48H2,1-4H3/t37-,38-,39-,40+,41-,42+,43+,44+,45+,46-/m1/s1. The minimum atomic E-state index is 0.308. The molecule has 0 radical (unpaired) electrons. The molecule has 5 heteroatoms. The lowest BCUT2D eigenvalue weighted by atomic mass is 9.43. The first-order chi connectivity index (χ1) is 24.9. The highest BCUT2D eigenvalue weighted by atomic mass is 16.5. The average Bonchev–Trinajstić information content (AvgIpc) is 3.49. The van der Waals surface area contributed by atoms with Crippen LogP contribution in [-0.2, 0) is 9.47 Å². The van der Waals surface area contributed by atoms with E-state index in [2.05, 4.69) is 33.0 Å². The molecule has 0 amide bonds. The van der Waals surface area contributed by atoms with Crippen LogP contribution in [0.5, 0.6) is 0 Å². The Morgan fingerprint density at radius 2 is 1.25 bits per heavy atom. The van der Waals surface area contributed by atoms with Crippen molar-refractivity contribution in [1.82, 2.24) is 5.32 Å². The molecule has 0 saturated heterocycles. The van der Waals surface area contributed by atoms with E-state index in [4.69, 9.17) is 20.9 Å². The van der Waals surface area contributed by atoms with E-state index in [0.29, 0.717) is 23.0 Å². The molecule has 0 spiro atoms. The zero-order valence-corrected chi connectivity index (χ0v) is 34.7. The Morgan fingerprint density at radius 1 is 0.647 bits per heavy atom. The van der Waals surface area contributed by atoms with Gasteiger partial charge in [-0.25, -0.2) is 0 Å². The third kappa shape index (κ3) is 12.4. The second-order valence-corrected chi connectivity index (χ2v) is 18.8. The van der Waals surface area contributed by atoms with E-state index in [-0.39, 0.29) is 0 Å². The molecule has 0 aromatic carbocycles. The van der Waals surface area contributed by atoms with Gasteiger partial charge in [0, 0.05) is 13.2 Å². The molecular weight excluding hydrogens is 627 g/mol. The molecule has 4 rings (SSSR count). The molecule has 0 heterocycles. The quantitative estimate of drug-likeness (QED) is 0.0703. The molecule has 51 heavy (non-hydrogen) atoms. The van der Waals surface area contributed by atoms with Crippen LogP contribution in [0.4, 0.5) is 0 Å². The Morgan fingerprint density at radius 3 is 1.90 bits per heavy atom. The monoisotopic (exact) mass is 716 g/mol. The molecular formula is C46H89N3O2. The van der Waals surface area contributed by atoms with E-state index in [1.807, 2.05) is 0 Å². The lowest BCUT2D eigenvalue weighted by Crippen LogP contribution is -2.59. The van der Waals surface area contributed by atoms with E-state index in [0.717, 1.165) is 74.7 Å². The van der Waals surface area contributed by atoms with Gasteiger partial charge >= 0.3 is 0 Å². The van der Waals surface area contributed by atoms with E-state index in [9.17, 15) is 0 Å². The smallest absolute Gasteiger partial charge is 0.0637 e. The third-order valence-corrected chi connectivity index (χ3v) is 15.5. The Hall–Kier alpha value is -0.200. The molecule has 4 saturated carbocycles. The van der Waals surface area contributed by atoms with Crippen molar-refractivity contribution in [3.05, 3.63) is 0 Å². The van der Waals surface area contributed by atoms with Gasteiger partial charge in [-0.15, -0.1) is 0 Å². The normalized spacial score (nSPS) is 33.9. The first-order valence-corrected chi connectivity index (χ1v) is 23.2. The minimum Gasteiger partial charge on any atom is -0.378 e. The zero-order chi connectivity index (χ0) is 36.4. The summed E-state index contributed by atoms with van der Waals surface area (Å²) >= 11 is 0. The van der Waals surface area contributed by atoms with Crippen molar-refractivity contribution in [2.75, 3.05) is 39.4 Å². The Bertz CT molecular complexity index is 902. The zero-order valence-electron chi connectivity index (χ0n) is 34.7. The van der Waals surface area contributed by atoms with Crippen molar-refractivity contribution in [2.24, 2.45) is 57.8 Å². The van der Waals surface area contributed by atoms with Crippen LogP contribution >= 0.6 is 0 Å². The van der Waals surface area contributed by atoms with Crippen LogP contribution in [-0.4, -0.2) is 51.6 Å². The number of rotatable bonds is 28. The molecule has 0 unspecified atom stereocenters. The highest BCUT2D eigenvalue weighted by Crippen LogP contribution is 2.69. The second kappa shape index (κ2) is 23.7. The van der Waals surface area contributed by atoms with E-state index < -0.39 is 0 Å². The summed E-state index contributed by atoms with van der Waals surface area (Å²) in [7, 11) is 0. The maximum absolute atomic E-state index is 6.99. The second-order valence-electron chi connectivity index (χ2n) is 18.8. The van der Waals surface area contributed by atoms with E-state index in [1.165, 1.54) is 167 Å². The van der Waals surface area contributed by atoms with Gasteiger partial charge in [0.15, 0.2) is 0 Å². The fourth-order valence-electron chi connectivity index (χ4n) is 12.5. The maximum atomic E-state index is 6.99. The molecule has 10 atom stereocenters. The summed E-state index contributed by atoms with van der Waals surface area (Å²) in [5.41, 5.74) is 12.5. The van der Waals surface area contributed by atoms with Gasteiger partial charge in [-0.1, -0.05) is 111 Å². The summed E-state index contributed by atoms with van der Waals surface area (Å²) in [6, 6.07) is 0. The van der Waals surface area contributed by atoms with Crippen molar-refractivity contribution >= 4 is 0 Å². The molecule has 4 fully saturated rings. The SMILES string of the molecule is CCCCCCCCCCCCCCCCNCCC[C@@H](C)[C@H]1CC[C@H]2[C@@H]3CC[C@@H]4C[C@H](OCCCN)CC[C@]4(C)[C@H]3C[C@H](OCCCN)[C@]12C. The lowest BCUT2D eigenvalue weighted by Gasteiger charge is -2.63. The summed E-state index contributed by atoms with van der Waals surface area (Å²) in [5, 5.41) is 3.82. The van der Waals surface area contributed by atoms with Crippen LogP contribution < -0.4 is 16.8 Å². The fourth-order valence-corrected chi connectivity index (χ4v) is 12.5. The highest BCUT2D eigenvalue weighted by molar-refractivity contribution is 5.13. The molecule has 300 valence electrons. The molecule has 5 nitrogen and oxygen atoms in total. The van der Waals surface area contributed by atoms with Crippen molar-refractivity contribution in [1.29, 1.82) is 0 Å². The average molecular weight is 716 g/mol. The minimum absolute atomic E-state index is 0.308. The van der Waals surface area contributed by atoms with Gasteiger partial charge in [0.25, 0.3) is 0 Å². The summed E-state index contributed by atoms with van der Waals surface area (Å²) in [6.45, 7) is 15.8. The van der Waals surface area contributed by atoms with Gasteiger partial charge in [-0.3, -0.25) is 0 Å². The summed E-state index contributed by atoms with van der Waals surface area (Å²) in [5.74, 6) is 4.86. The van der Waals surface area contributed by atoms with Gasteiger partial charge in [0.1, 0.15) is 0 Å². The van der Waals surface area contributed by atoms with Crippen LogP contribution in [0.25, 0.3) is 0 Å². The van der Waals surface area contributed by atoms with Crippen molar-refractivity contribution < 1.29 is 9.47 Å². The van der Waals surface area contributed by atoms with Gasteiger partial charge in [0.2, 0.25) is 0 Å². The van der Waals surface area contributed by atoms with Crippen LogP contribution in [0.3, 0.4) is 0 Å². The molecule has 0 bridgehead atoms. The molecule has 5 N–H and O–H groups in total. The predicted molar refractivity (Wildman–Crippen MR) is 219 cm³/mol. The predicted octanol–water partition coefficient (Wildman–Crippen LogP) is 11.2. The van der Waals surface area contributed by atoms with Gasteiger partial charge < -0.3 is 26.3 Å². The first-order valence-electron chi connectivity index (χ1n) is 23.2. The van der Waals surface area contributed by atoms with Crippen LogP contribution in [0.15, 0.2) is 0 Å². The van der Waals surface area contributed by atoms with Gasteiger partial charge in [0.05, 0.1) is 12.2 Å². The van der Waals surface area contributed by atoms with Crippen molar-refractivity contribution in [3.63, 3.8) is 0 Å². The molecule has 0 aromatic rings. The highest BCUT2D eigenvalue weighted by Gasteiger charge is 2.64. The van der Waals surface area contributed by atoms with Gasteiger partial charge in [-0.2, -0.15) is 0 Å². The summed E-state index contributed by atoms with van der Waals surface area (Å²) < 4.78 is 13.3. The van der Waals surface area contributed by atoms with Crippen LogP contribution in [0.1, 0.15) is 195 Å². The molecule has 4 aliphatic carbocycles. The van der Waals surface area contributed by atoms with Gasteiger partial charge in [-0.05, 0) is 156 Å². The Balaban J connectivity index is 1.16. The first kappa shape index (κ1) is 43.5. The number of ether oxygens (including phenoxy) is 2.